The molecule has 2 fully saturated rings. The van der Waals surface area contributed by atoms with Gasteiger partial charge in [0, 0.05) is 48.5 Å². The number of fused-ring (bicyclic) bond motifs is 1. The molecule has 0 aliphatic carbocycles. The molecule has 2 saturated heterocycles. The number of morpholine rings is 2. The van der Waals surface area contributed by atoms with Crippen molar-refractivity contribution in [3.63, 3.8) is 0 Å². The zero-order chi connectivity index (χ0) is 17.9. The number of hydrogen-bond donors (Lipinski definition) is 2. The van der Waals surface area contributed by atoms with E-state index in [0.29, 0.717) is 13.2 Å². The minimum atomic E-state index is -0.352. The first-order chi connectivity index (χ1) is 12.7. The number of aromatic nitrogens is 1. The number of pyridine rings is 1. The minimum absolute atomic E-state index is 0.0820. The van der Waals surface area contributed by atoms with Gasteiger partial charge in [0.1, 0.15) is 6.04 Å². The van der Waals surface area contributed by atoms with Crippen LogP contribution in [0.2, 0.25) is 0 Å². The fourth-order valence-electron chi connectivity index (χ4n) is 3.60. The molecular weight excluding hydrogens is 332 g/mol. The van der Waals surface area contributed by atoms with Gasteiger partial charge in [-0.15, -0.1) is 0 Å². The molecule has 2 N–H and O–H groups in total. The highest BCUT2D eigenvalue weighted by Crippen LogP contribution is 2.32. The summed E-state index contributed by atoms with van der Waals surface area (Å²) in [6.45, 7) is 6.42. The number of nitrogens with zero attached hydrogens (tertiary/aromatic N) is 2. The van der Waals surface area contributed by atoms with Gasteiger partial charge in [-0.05, 0) is 25.1 Å². The Bertz CT molecular complexity index is 791. The largest absolute Gasteiger partial charge is 0.378 e. The van der Waals surface area contributed by atoms with Crippen LogP contribution in [0.3, 0.4) is 0 Å². The molecule has 138 valence electrons. The average molecular weight is 356 g/mol. The predicted molar refractivity (Wildman–Crippen MR) is 101 cm³/mol. The van der Waals surface area contributed by atoms with E-state index in [1.165, 1.54) is 0 Å². The number of amides is 1. The topological polar surface area (TPSA) is 75.7 Å². The Morgan fingerprint density at radius 2 is 2.08 bits per heavy atom. The number of carbonyl (C=O) groups is 1. The van der Waals surface area contributed by atoms with Crippen LogP contribution in [0.25, 0.3) is 10.8 Å². The van der Waals surface area contributed by atoms with Crippen molar-refractivity contribution in [2.45, 2.75) is 19.1 Å². The van der Waals surface area contributed by atoms with Crippen LogP contribution >= 0.6 is 0 Å². The van der Waals surface area contributed by atoms with E-state index < -0.39 is 0 Å². The molecule has 4 rings (SSSR count). The van der Waals surface area contributed by atoms with Crippen LogP contribution in [0.15, 0.2) is 30.6 Å². The third kappa shape index (κ3) is 3.38. The molecule has 7 nitrogen and oxygen atoms in total. The molecule has 0 spiro atoms. The smallest absolute Gasteiger partial charge is 0.244 e. The third-order valence-corrected chi connectivity index (χ3v) is 5.00. The number of carbonyl (C=O) groups excluding carboxylic acids is 1. The first-order valence-electron chi connectivity index (χ1n) is 9.09. The predicted octanol–water partition coefficient (Wildman–Crippen LogP) is 1.39. The maximum Gasteiger partial charge on any atom is 0.244 e. The number of hydrogen-bond acceptors (Lipinski definition) is 6. The van der Waals surface area contributed by atoms with Crippen molar-refractivity contribution in [2.24, 2.45) is 0 Å². The van der Waals surface area contributed by atoms with Crippen LogP contribution in [-0.2, 0) is 14.3 Å². The van der Waals surface area contributed by atoms with Gasteiger partial charge in [-0.25, -0.2) is 0 Å². The zero-order valence-electron chi connectivity index (χ0n) is 14.9. The fraction of sp³-hybridized carbons (Fsp3) is 0.474. The van der Waals surface area contributed by atoms with Crippen molar-refractivity contribution in [3.05, 3.63) is 30.6 Å². The Balaban J connectivity index is 1.63. The van der Waals surface area contributed by atoms with E-state index >= 15 is 0 Å². The molecule has 1 amide bonds. The molecule has 0 bridgehead atoms. The highest BCUT2D eigenvalue weighted by atomic mass is 16.5. The maximum atomic E-state index is 12.7. The average Bonchev–Trinajstić information content (AvgIpc) is 2.69. The quantitative estimate of drug-likeness (QED) is 0.866. The Hall–Kier alpha value is -2.22. The van der Waals surface area contributed by atoms with Crippen LogP contribution in [0.4, 0.5) is 11.4 Å². The van der Waals surface area contributed by atoms with Crippen molar-refractivity contribution in [2.75, 3.05) is 49.7 Å². The van der Waals surface area contributed by atoms with E-state index in [9.17, 15) is 4.79 Å². The van der Waals surface area contributed by atoms with E-state index in [1.807, 2.05) is 25.3 Å². The lowest BCUT2D eigenvalue weighted by Gasteiger charge is -2.31. The normalized spacial score (nSPS) is 23.8. The summed E-state index contributed by atoms with van der Waals surface area (Å²) in [4.78, 5) is 19.3. The van der Waals surface area contributed by atoms with Crippen LogP contribution in [0.5, 0.6) is 0 Å². The highest BCUT2D eigenvalue weighted by Gasteiger charge is 2.28. The van der Waals surface area contributed by atoms with Gasteiger partial charge < -0.3 is 25.0 Å². The molecule has 0 radical (unpaired) electrons. The minimum Gasteiger partial charge on any atom is -0.378 e. The number of benzene rings is 1. The van der Waals surface area contributed by atoms with Crippen LogP contribution < -0.4 is 15.5 Å². The second-order valence-electron chi connectivity index (χ2n) is 6.65. The molecule has 0 saturated carbocycles. The molecule has 7 heteroatoms. The van der Waals surface area contributed by atoms with E-state index in [-0.39, 0.29) is 18.1 Å². The van der Waals surface area contributed by atoms with E-state index in [1.54, 1.807) is 6.20 Å². The standard InChI is InChI=1S/C19H24N4O3/c1-13-18(21-6-9-26-13)19(24)22-16-2-3-17(23-7-10-25-11-8-23)14-4-5-20-12-15(14)16/h2-5,12-13,18,21H,6-11H2,1H3,(H,22,24)/t13-,18+/m1/s1. The number of ether oxygens (including phenoxy) is 2. The van der Waals surface area contributed by atoms with E-state index in [2.05, 4.69) is 26.6 Å². The summed E-state index contributed by atoms with van der Waals surface area (Å²) in [6, 6.07) is 5.67. The third-order valence-electron chi connectivity index (χ3n) is 5.00. The Labute approximate surface area is 152 Å². The van der Waals surface area contributed by atoms with Crippen LogP contribution in [-0.4, -0.2) is 62.5 Å². The molecular formula is C19H24N4O3. The monoisotopic (exact) mass is 356 g/mol. The Kier molecular flexibility index (Phi) is 5.01. The molecule has 3 heterocycles. The van der Waals surface area contributed by atoms with E-state index in [0.717, 1.165) is 48.5 Å². The number of rotatable bonds is 3. The van der Waals surface area contributed by atoms with Gasteiger partial charge in [-0.2, -0.15) is 0 Å². The second-order valence-corrected chi connectivity index (χ2v) is 6.65. The van der Waals surface area contributed by atoms with Gasteiger partial charge >= 0.3 is 0 Å². The summed E-state index contributed by atoms with van der Waals surface area (Å²) in [7, 11) is 0. The lowest BCUT2D eigenvalue weighted by molar-refractivity contribution is -0.123. The van der Waals surface area contributed by atoms with Crippen LogP contribution in [0, 0.1) is 0 Å². The van der Waals surface area contributed by atoms with Gasteiger partial charge in [0.05, 0.1) is 31.6 Å². The molecule has 1 aromatic heterocycles. The first-order valence-corrected chi connectivity index (χ1v) is 9.09. The molecule has 26 heavy (non-hydrogen) atoms. The molecule has 2 atom stereocenters. The fourth-order valence-corrected chi connectivity index (χ4v) is 3.60. The SMILES string of the molecule is C[C@H]1OCCN[C@@H]1C(=O)Nc1ccc(N2CCOCC2)c2ccncc12. The van der Waals surface area contributed by atoms with Gasteiger partial charge in [0.25, 0.3) is 0 Å². The highest BCUT2D eigenvalue weighted by molar-refractivity contribution is 6.07. The van der Waals surface area contributed by atoms with Crippen LogP contribution in [0.1, 0.15) is 6.92 Å². The second kappa shape index (κ2) is 7.57. The van der Waals surface area contributed by atoms with Crippen molar-refractivity contribution < 1.29 is 14.3 Å². The van der Waals surface area contributed by atoms with Gasteiger partial charge in [0.2, 0.25) is 5.91 Å². The molecule has 1 aromatic carbocycles. The van der Waals surface area contributed by atoms with Crippen molar-refractivity contribution in [3.8, 4) is 0 Å². The van der Waals surface area contributed by atoms with E-state index in [4.69, 9.17) is 9.47 Å². The zero-order valence-corrected chi connectivity index (χ0v) is 14.9. The number of nitrogens with one attached hydrogen (secondary N) is 2. The maximum absolute atomic E-state index is 12.7. The lowest BCUT2D eigenvalue weighted by atomic mass is 10.1. The lowest BCUT2D eigenvalue weighted by Crippen LogP contribution is -2.53. The first kappa shape index (κ1) is 17.2. The molecule has 0 unspecified atom stereocenters. The van der Waals surface area contributed by atoms with Crippen molar-refractivity contribution >= 4 is 28.1 Å². The summed E-state index contributed by atoms with van der Waals surface area (Å²) in [5.41, 5.74) is 1.92. The summed E-state index contributed by atoms with van der Waals surface area (Å²) in [5, 5.41) is 8.30. The van der Waals surface area contributed by atoms with Crippen molar-refractivity contribution in [1.29, 1.82) is 0 Å². The van der Waals surface area contributed by atoms with Gasteiger partial charge in [0.15, 0.2) is 0 Å². The van der Waals surface area contributed by atoms with Gasteiger partial charge in [-0.3, -0.25) is 9.78 Å². The summed E-state index contributed by atoms with van der Waals surface area (Å²) in [5.74, 6) is -0.0820. The number of anilines is 2. The summed E-state index contributed by atoms with van der Waals surface area (Å²) >= 11 is 0. The molecule has 2 aliphatic heterocycles. The summed E-state index contributed by atoms with van der Waals surface area (Å²) < 4.78 is 11.0. The Morgan fingerprint density at radius 1 is 1.23 bits per heavy atom. The molecule has 2 aromatic rings. The van der Waals surface area contributed by atoms with Crippen molar-refractivity contribution in [1.82, 2.24) is 10.3 Å². The Morgan fingerprint density at radius 3 is 2.88 bits per heavy atom. The molecule has 2 aliphatic rings. The summed E-state index contributed by atoms with van der Waals surface area (Å²) in [6.07, 6.45) is 3.44. The van der Waals surface area contributed by atoms with Gasteiger partial charge in [-0.1, -0.05) is 0 Å².